The van der Waals surface area contributed by atoms with Gasteiger partial charge in [0.05, 0.1) is 14.2 Å². The lowest BCUT2D eigenvalue weighted by Crippen LogP contribution is -2.21. The van der Waals surface area contributed by atoms with E-state index in [9.17, 15) is 14.0 Å². The molecule has 2 N–H and O–H groups in total. The standard InChI is InChI=1S/C17H17FN2O4/c1-23-14-7-6-13(9-15(14)24-2)20-17(22)10-16(21)19-12-5-3-4-11(18)8-12/h3-9H,10H2,1-2H3,(H,19,21)(H,20,22). The van der Waals surface area contributed by atoms with Crippen molar-refractivity contribution in [3.63, 3.8) is 0 Å². The summed E-state index contributed by atoms with van der Waals surface area (Å²) in [7, 11) is 2.99. The second-order valence-electron chi connectivity index (χ2n) is 4.85. The first-order valence-electron chi connectivity index (χ1n) is 7.09. The second-order valence-corrected chi connectivity index (χ2v) is 4.85. The van der Waals surface area contributed by atoms with Crippen molar-refractivity contribution in [1.29, 1.82) is 0 Å². The molecular weight excluding hydrogens is 315 g/mol. The van der Waals surface area contributed by atoms with Crippen molar-refractivity contribution in [3.8, 4) is 11.5 Å². The van der Waals surface area contributed by atoms with Crippen molar-refractivity contribution in [2.75, 3.05) is 24.9 Å². The number of nitrogens with one attached hydrogen (secondary N) is 2. The minimum atomic E-state index is -0.543. The van der Waals surface area contributed by atoms with Crippen LogP contribution in [0.25, 0.3) is 0 Å². The molecule has 0 aliphatic carbocycles. The van der Waals surface area contributed by atoms with Gasteiger partial charge in [-0.2, -0.15) is 0 Å². The van der Waals surface area contributed by atoms with E-state index in [0.29, 0.717) is 22.9 Å². The van der Waals surface area contributed by atoms with Gasteiger partial charge in [0.15, 0.2) is 11.5 Å². The highest BCUT2D eigenvalue weighted by Gasteiger charge is 2.12. The molecule has 0 saturated heterocycles. The predicted molar refractivity (Wildman–Crippen MR) is 87.8 cm³/mol. The Bertz CT molecular complexity index is 749. The van der Waals surface area contributed by atoms with Crippen LogP contribution in [0, 0.1) is 5.82 Å². The molecule has 0 aliphatic heterocycles. The minimum absolute atomic E-state index is 0.291. The largest absolute Gasteiger partial charge is 0.493 e. The Morgan fingerprint density at radius 1 is 0.917 bits per heavy atom. The van der Waals surface area contributed by atoms with Crippen molar-refractivity contribution in [3.05, 3.63) is 48.3 Å². The number of benzene rings is 2. The number of rotatable bonds is 6. The summed E-state index contributed by atoms with van der Waals surface area (Å²) in [4.78, 5) is 23.7. The lowest BCUT2D eigenvalue weighted by Gasteiger charge is -2.10. The van der Waals surface area contributed by atoms with Crippen LogP contribution in [0.5, 0.6) is 11.5 Å². The summed E-state index contributed by atoms with van der Waals surface area (Å²) >= 11 is 0. The van der Waals surface area contributed by atoms with Gasteiger partial charge in [-0.1, -0.05) is 6.07 Å². The van der Waals surface area contributed by atoms with Gasteiger partial charge in [0.2, 0.25) is 11.8 Å². The van der Waals surface area contributed by atoms with Gasteiger partial charge >= 0.3 is 0 Å². The SMILES string of the molecule is COc1ccc(NC(=O)CC(=O)Nc2cccc(F)c2)cc1OC. The fourth-order valence-corrected chi connectivity index (χ4v) is 2.04. The Morgan fingerprint density at radius 2 is 1.54 bits per heavy atom. The number of hydrogen-bond acceptors (Lipinski definition) is 4. The van der Waals surface area contributed by atoms with E-state index in [1.54, 1.807) is 18.2 Å². The van der Waals surface area contributed by atoms with Gasteiger partial charge in [-0.25, -0.2) is 4.39 Å². The van der Waals surface area contributed by atoms with E-state index in [-0.39, 0.29) is 0 Å². The Morgan fingerprint density at radius 3 is 2.12 bits per heavy atom. The molecule has 0 fully saturated rings. The van der Waals surface area contributed by atoms with Crippen LogP contribution in [-0.2, 0) is 9.59 Å². The molecule has 0 saturated carbocycles. The monoisotopic (exact) mass is 332 g/mol. The number of carbonyl (C=O) groups excluding carboxylic acids is 2. The Hall–Kier alpha value is -3.09. The fourth-order valence-electron chi connectivity index (χ4n) is 2.04. The van der Waals surface area contributed by atoms with E-state index in [4.69, 9.17) is 9.47 Å². The normalized spacial score (nSPS) is 9.96. The molecule has 0 unspecified atom stereocenters. The summed E-state index contributed by atoms with van der Waals surface area (Å²) in [5, 5.41) is 5.04. The second kappa shape index (κ2) is 7.96. The molecule has 7 heteroatoms. The van der Waals surface area contributed by atoms with Crippen LogP contribution in [0.2, 0.25) is 0 Å². The summed E-state index contributed by atoms with van der Waals surface area (Å²) < 4.78 is 23.3. The molecular formula is C17H17FN2O4. The maximum atomic E-state index is 13.0. The highest BCUT2D eigenvalue weighted by atomic mass is 19.1. The van der Waals surface area contributed by atoms with Crippen molar-refractivity contribution in [2.24, 2.45) is 0 Å². The van der Waals surface area contributed by atoms with Gasteiger partial charge < -0.3 is 20.1 Å². The molecule has 126 valence electrons. The molecule has 2 aromatic rings. The molecule has 0 bridgehead atoms. The average molecular weight is 332 g/mol. The first-order valence-corrected chi connectivity index (χ1v) is 7.09. The van der Waals surface area contributed by atoms with Gasteiger partial charge in [-0.05, 0) is 30.3 Å². The number of amides is 2. The molecule has 0 atom stereocenters. The lowest BCUT2D eigenvalue weighted by molar-refractivity contribution is -0.123. The molecule has 2 amide bonds. The number of hydrogen-bond donors (Lipinski definition) is 2. The topological polar surface area (TPSA) is 76.7 Å². The number of carbonyl (C=O) groups is 2. The van der Waals surface area contributed by atoms with E-state index in [1.165, 1.54) is 38.5 Å². The van der Waals surface area contributed by atoms with E-state index in [0.717, 1.165) is 0 Å². The molecule has 0 spiro atoms. The van der Waals surface area contributed by atoms with E-state index < -0.39 is 24.1 Å². The first kappa shape index (κ1) is 17.3. The van der Waals surface area contributed by atoms with Crippen molar-refractivity contribution >= 4 is 23.2 Å². The van der Waals surface area contributed by atoms with Crippen LogP contribution in [0.3, 0.4) is 0 Å². The smallest absolute Gasteiger partial charge is 0.233 e. The Labute approximate surface area is 138 Å². The van der Waals surface area contributed by atoms with Crippen LogP contribution < -0.4 is 20.1 Å². The number of methoxy groups -OCH3 is 2. The Kier molecular flexibility index (Phi) is 5.73. The number of ether oxygens (including phenoxy) is 2. The highest BCUT2D eigenvalue weighted by Crippen LogP contribution is 2.29. The summed E-state index contributed by atoms with van der Waals surface area (Å²) in [5.74, 6) is -0.531. The maximum Gasteiger partial charge on any atom is 0.233 e. The average Bonchev–Trinajstić information content (AvgIpc) is 2.54. The third kappa shape index (κ3) is 4.70. The van der Waals surface area contributed by atoms with Crippen LogP contribution in [-0.4, -0.2) is 26.0 Å². The maximum absolute atomic E-state index is 13.0. The van der Waals surface area contributed by atoms with Crippen LogP contribution >= 0.6 is 0 Å². The van der Waals surface area contributed by atoms with E-state index in [1.807, 2.05) is 0 Å². The van der Waals surface area contributed by atoms with Crippen molar-refractivity contribution in [1.82, 2.24) is 0 Å². The van der Waals surface area contributed by atoms with Gasteiger partial charge in [0.25, 0.3) is 0 Å². The summed E-state index contributed by atoms with van der Waals surface area (Å²) in [5.41, 5.74) is 0.759. The fraction of sp³-hybridized carbons (Fsp3) is 0.176. The van der Waals surface area contributed by atoms with Crippen LogP contribution in [0.4, 0.5) is 15.8 Å². The zero-order valence-corrected chi connectivity index (χ0v) is 13.3. The molecule has 2 rings (SSSR count). The summed E-state index contributed by atoms with van der Waals surface area (Å²) in [6, 6.07) is 10.3. The van der Waals surface area contributed by atoms with Gasteiger partial charge in [-0.15, -0.1) is 0 Å². The number of anilines is 2. The van der Waals surface area contributed by atoms with Crippen molar-refractivity contribution < 1.29 is 23.5 Å². The zero-order valence-electron chi connectivity index (χ0n) is 13.3. The zero-order chi connectivity index (χ0) is 17.5. The number of halogens is 1. The van der Waals surface area contributed by atoms with Gasteiger partial charge in [-0.3, -0.25) is 9.59 Å². The highest BCUT2D eigenvalue weighted by molar-refractivity contribution is 6.08. The first-order chi connectivity index (χ1) is 11.5. The molecule has 0 heterocycles. The summed E-state index contributed by atoms with van der Waals surface area (Å²) in [6.07, 6.45) is -0.398. The summed E-state index contributed by atoms with van der Waals surface area (Å²) in [6.45, 7) is 0. The quantitative estimate of drug-likeness (QED) is 0.798. The van der Waals surface area contributed by atoms with E-state index in [2.05, 4.69) is 10.6 Å². The third-order valence-electron chi connectivity index (χ3n) is 3.10. The molecule has 2 aromatic carbocycles. The minimum Gasteiger partial charge on any atom is -0.493 e. The van der Waals surface area contributed by atoms with Crippen molar-refractivity contribution in [2.45, 2.75) is 6.42 Å². The predicted octanol–water partition coefficient (Wildman–Crippen LogP) is 2.81. The lowest BCUT2D eigenvalue weighted by atomic mass is 10.2. The molecule has 0 radical (unpaired) electrons. The molecule has 6 nitrogen and oxygen atoms in total. The van der Waals surface area contributed by atoms with E-state index >= 15 is 0 Å². The third-order valence-corrected chi connectivity index (χ3v) is 3.10. The van der Waals surface area contributed by atoms with Gasteiger partial charge in [0, 0.05) is 17.4 Å². The van der Waals surface area contributed by atoms with Crippen LogP contribution in [0.15, 0.2) is 42.5 Å². The Balaban J connectivity index is 1.94. The molecule has 0 aliphatic rings. The van der Waals surface area contributed by atoms with Gasteiger partial charge in [0.1, 0.15) is 12.2 Å². The molecule has 0 aromatic heterocycles. The van der Waals surface area contributed by atoms with Crippen LogP contribution in [0.1, 0.15) is 6.42 Å². The molecule has 24 heavy (non-hydrogen) atoms.